The molecule has 0 saturated heterocycles. The highest BCUT2D eigenvalue weighted by molar-refractivity contribution is 6.35. The summed E-state index contributed by atoms with van der Waals surface area (Å²) >= 11 is 0. The van der Waals surface area contributed by atoms with Gasteiger partial charge in [0.25, 0.3) is 5.91 Å². The number of methoxy groups -OCH3 is 1. The maximum atomic E-state index is 12.3. The maximum Gasteiger partial charge on any atom is 0.329 e. The summed E-state index contributed by atoms with van der Waals surface area (Å²) in [7, 11) is 1.47. The lowest BCUT2D eigenvalue weighted by atomic mass is 10.0. The second-order valence-electron chi connectivity index (χ2n) is 8.71. The number of benzene rings is 3. The highest BCUT2D eigenvalue weighted by Gasteiger charge is 2.14. The molecule has 0 aliphatic carbocycles. The summed E-state index contributed by atoms with van der Waals surface area (Å²) in [6.07, 6.45) is 1.32. The van der Waals surface area contributed by atoms with Gasteiger partial charge in [-0.15, -0.1) is 0 Å². The number of carbonyl (C=O) groups excluding carboxylic acids is 3. The number of para-hydroxylation sites is 1. The minimum absolute atomic E-state index is 0.217. The lowest BCUT2D eigenvalue weighted by Crippen LogP contribution is -2.37. The zero-order valence-corrected chi connectivity index (χ0v) is 21.7. The maximum absolute atomic E-state index is 12.3. The fraction of sp³-hybridized carbons (Fsp3) is 0.241. The van der Waals surface area contributed by atoms with E-state index in [-0.39, 0.29) is 24.8 Å². The molecule has 3 aromatic carbocycles. The molecule has 0 aliphatic rings. The van der Waals surface area contributed by atoms with Crippen LogP contribution in [0.4, 0.5) is 0 Å². The zero-order chi connectivity index (χ0) is 27.3. The molecule has 3 amide bonds. The van der Waals surface area contributed by atoms with Gasteiger partial charge in [-0.2, -0.15) is 5.10 Å². The van der Waals surface area contributed by atoms with Crippen LogP contribution in [0.5, 0.6) is 11.5 Å². The van der Waals surface area contributed by atoms with E-state index >= 15 is 0 Å². The molecule has 198 valence electrons. The minimum Gasteiger partial charge on any atom is -0.493 e. The monoisotopic (exact) mass is 516 g/mol. The fourth-order valence-corrected chi connectivity index (χ4v) is 3.43. The van der Waals surface area contributed by atoms with Crippen molar-refractivity contribution in [3.05, 3.63) is 95.1 Å². The van der Waals surface area contributed by atoms with E-state index in [1.165, 1.54) is 18.9 Å². The van der Waals surface area contributed by atoms with Crippen molar-refractivity contribution >= 4 is 23.9 Å². The van der Waals surface area contributed by atoms with Crippen molar-refractivity contribution in [2.75, 3.05) is 13.7 Å². The van der Waals surface area contributed by atoms with Gasteiger partial charge in [0.05, 0.1) is 13.3 Å². The van der Waals surface area contributed by atoms with Crippen LogP contribution in [0, 0.1) is 0 Å². The Hall–Kier alpha value is -4.66. The summed E-state index contributed by atoms with van der Waals surface area (Å²) in [6.45, 7) is 4.55. The molecule has 0 unspecified atom stereocenters. The number of hydrogen-bond acceptors (Lipinski definition) is 6. The van der Waals surface area contributed by atoms with E-state index in [4.69, 9.17) is 9.47 Å². The van der Waals surface area contributed by atoms with Crippen molar-refractivity contribution in [3.8, 4) is 11.5 Å². The smallest absolute Gasteiger partial charge is 0.329 e. The quantitative estimate of drug-likeness (QED) is 0.205. The first-order valence-corrected chi connectivity index (χ1v) is 12.2. The summed E-state index contributed by atoms with van der Waals surface area (Å²) in [4.78, 5) is 36.6. The summed E-state index contributed by atoms with van der Waals surface area (Å²) in [5.74, 6) is -0.964. The van der Waals surface area contributed by atoms with Crippen LogP contribution in [0.2, 0.25) is 0 Å². The van der Waals surface area contributed by atoms with Crippen LogP contribution in [0.1, 0.15) is 42.0 Å². The number of rotatable bonds is 11. The molecule has 9 heteroatoms. The Morgan fingerprint density at radius 2 is 1.53 bits per heavy atom. The Bertz CT molecular complexity index is 1260. The molecule has 0 aromatic heterocycles. The summed E-state index contributed by atoms with van der Waals surface area (Å²) in [5, 5.41) is 9.22. The molecule has 9 nitrogen and oxygen atoms in total. The van der Waals surface area contributed by atoms with Crippen LogP contribution in [-0.4, -0.2) is 37.7 Å². The van der Waals surface area contributed by atoms with Crippen LogP contribution < -0.4 is 25.5 Å². The van der Waals surface area contributed by atoms with Gasteiger partial charge in [-0.3, -0.25) is 14.4 Å². The van der Waals surface area contributed by atoms with Gasteiger partial charge >= 0.3 is 11.8 Å². The van der Waals surface area contributed by atoms with E-state index in [0.29, 0.717) is 23.8 Å². The molecule has 0 spiro atoms. The topological polar surface area (TPSA) is 118 Å². The second-order valence-corrected chi connectivity index (χ2v) is 8.71. The Balaban J connectivity index is 1.52. The third kappa shape index (κ3) is 8.48. The van der Waals surface area contributed by atoms with E-state index in [9.17, 15) is 14.4 Å². The molecule has 0 fully saturated rings. The van der Waals surface area contributed by atoms with Crippen LogP contribution in [0.3, 0.4) is 0 Å². The number of hydrazone groups is 1. The van der Waals surface area contributed by atoms with E-state index in [1.807, 2.05) is 54.6 Å². The van der Waals surface area contributed by atoms with Crippen LogP contribution in [-0.2, 0) is 27.5 Å². The van der Waals surface area contributed by atoms with Gasteiger partial charge in [-0.25, -0.2) is 5.43 Å². The van der Waals surface area contributed by atoms with Crippen molar-refractivity contribution < 1.29 is 23.9 Å². The van der Waals surface area contributed by atoms with Crippen molar-refractivity contribution in [2.24, 2.45) is 5.10 Å². The SMILES string of the molecule is COc1cccc(/C=N\NC(=O)C(=O)NCc2ccc(C(C)C)cc2)c1OCC(=O)NCc1ccccc1. The highest BCUT2D eigenvalue weighted by Crippen LogP contribution is 2.30. The van der Waals surface area contributed by atoms with Gasteiger partial charge in [0.1, 0.15) is 0 Å². The normalized spacial score (nSPS) is 10.7. The van der Waals surface area contributed by atoms with Crippen LogP contribution in [0.25, 0.3) is 0 Å². The molecule has 3 aromatic rings. The number of carbonyl (C=O) groups is 3. The Labute approximate surface area is 222 Å². The molecule has 0 saturated carbocycles. The molecule has 3 rings (SSSR count). The molecule has 0 heterocycles. The molecule has 0 bridgehead atoms. The third-order valence-electron chi connectivity index (χ3n) is 5.58. The summed E-state index contributed by atoms with van der Waals surface area (Å²) in [5.41, 5.74) is 5.69. The fourth-order valence-electron chi connectivity index (χ4n) is 3.43. The van der Waals surface area contributed by atoms with E-state index < -0.39 is 11.8 Å². The number of nitrogens with one attached hydrogen (secondary N) is 3. The predicted octanol–water partition coefficient (Wildman–Crippen LogP) is 3.28. The van der Waals surface area contributed by atoms with Gasteiger partial charge in [-0.05, 0) is 34.7 Å². The van der Waals surface area contributed by atoms with E-state index in [0.717, 1.165) is 11.1 Å². The number of hydrogen-bond donors (Lipinski definition) is 3. The van der Waals surface area contributed by atoms with Gasteiger partial charge in [-0.1, -0.05) is 74.5 Å². The minimum atomic E-state index is -0.911. The van der Waals surface area contributed by atoms with Gasteiger partial charge < -0.3 is 20.1 Å². The first kappa shape index (κ1) is 27.9. The standard InChI is InChI=1S/C29H32N4O5/c1-20(2)23-14-12-22(13-15-23)17-31-28(35)29(36)33-32-18-24-10-7-11-25(37-3)27(24)38-19-26(34)30-16-21-8-5-4-6-9-21/h4-15,18,20H,16-17,19H2,1-3H3,(H,30,34)(H,31,35)(H,33,36)/b32-18-. The zero-order valence-electron chi connectivity index (χ0n) is 21.7. The summed E-state index contributed by atoms with van der Waals surface area (Å²) < 4.78 is 11.0. The predicted molar refractivity (Wildman–Crippen MR) is 145 cm³/mol. The summed E-state index contributed by atoms with van der Waals surface area (Å²) in [6, 6.07) is 22.4. The van der Waals surface area contributed by atoms with Crippen LogP contribution >= 0.6 is 0 Å². The van der Waals surface area contributed by atoms with Crippen molar-refractivity contribution in [3.63, 3.8) is 0 Å². The Morgan fingerprint density at radius 3 is 2.21 bits per heavy atom. The van der Waals surface area contributed by atoms with Gasteiger partial charge in [0, 0.05) is 18.7 Å². The third-order valence-corrected chi connectivity index (χ3v) is 5.58. The first-order chi connectivity index (χ1) is 18.4. The van der Waals surface area contributed by atoms with Gasteiger partial charge in [0.15, 0.2) is 18.1 Å². The number of nitrogens with zero attached hydrogens (tertiary/aromatic N) is 1. The highest BCUT2D eigenvalue weighted by atomic mass is 16.5. The lowest BCUT2D eigenvalue weighted by Gasteiger charge is -2.13. The number of ether oxygens (including phenoxy) is 2. The van der Waals surface area contributed by atoms with E-state index in [1.54, 1.807) is 18.2 Å². The van der Waals surface area contributed by atoms with Crippen molar-refractivity contribution in [1.29, 1.82) is 0 Å². The average Bonchev–Trinajstić information content (AvgIpc) is 2.94. The number of amides is 3. The average molecular weight is 517 g/mol. The molecule has 0 aliphatic heterocycles. The van der Waals surface area contributed by atoms with Crippen molar-refractivity contribution in [2.45, 2.75) is 32.9 Å². The van der Waals surface area contributed by atoms with E-state index in [2.05, 4.69) is 35.0 Å². The van der Waals surface area contributed by atoms with Crippen LogP contribution in [0.15, 0.2) is 77.9 Å². The van der Waals surface area contributed by atoms with Gasteiger partial charge in [0.2, 0.25) is 0 Å². The molecule has 0 atom stereocenters. The second kappa shape index (κ2) is 14.2. The molecule has 38 heavy (non-hydrogen) atoms. The first-order valence-electron chi connectivity index (χ1n) is 12.2. The largest absolute Gasteiger partial charge is 0.493 e. The lowest BCUT2D eigenvalue weighted by molar-refractivity contribution is -0.139. The molecular formula is C29H32N4O5. The molecular weight excluding hydrogens is 484 g/mol. The Morgan fingerprint density at radius 1 is 0.842 bits per heavy atom. The molecule has 0 radical (unpaired) electrons. The Kier molecular flexibility index (Phi) is 10.4. The van der Waals surface area contributed by atoms with Crippen molar-refractivity contribution in [1.82, 2.24) is 16.1 Å². The molecule has 3 N–H and O–H groups in total.